The van der Waals surface area contributed by atoms with Gasteiger partial charge < -0.3 is 14.6 Å². The Hall–Kier alpha value is -2.59. The minimum Gasteiger partial charge on any atom is -0.379 e. The molecule has 0 saturated carbocycles. The Balaban J connectivity index is 0.00000259. The number of hydrogen-bond acceptors (Lipinski definition) is 6. The largest absolute Gasteiger partial charge is 0.379 e. The number of amides is 3. The van der Waals surface area contributed by atoms with Crippen LogP contribution in [0.4, 0.5) is 10.5 Å². The molecule has 2 fully saturated rings. The van der Waals surface area contributed by atoms with E-state index in [-0.39, 0.29) is 41.8 Å². The van der Waals surface area contributed by atoms with Crippen LogP contribution in [0.1, 0.15) is 22.4 Å². The van der Waals surface area contributed by atoms with Crippen LogP contribution in [0, 0.1) is 0 Å². The third-order valence-electron chi connectivity index (χ3n) is 5.95. The number of benzene rings is 1. The van der Waals surface area contributed by atoms with E-state index in [1.54, 1.807) is 0 Å². The van der Waals surface area contributed by atoms with Crippen molar-refractivity contribution in [2.24, 2.45) is 7.05 Å². The maximum absolute atomic E-state index is 12.7. The second-order valence-electron chi connectivity index (χ2n) is 8.20. The first-order chi connectivity index (χ1) is 15.5. The predicted molar refractivity (Wildman–Crippen MR) is 130 cm³/mol. The van der Waals surface area contributed by atoms with E-state index in [9.17, 15) is 14.4 Å². The summed E-state index contributed by atoms with van der Waals surface area (Å²) < 4.78 is 7.45. The molecular formula is C23H25ClN4O4S. The minimum absolute atomic E-state index is 0. The van der Waals surface area contributed by atoms with Crippen LogP contribution in [-0.2, 0) is 34.5 Å². The Bertz CT molecular complexity index is 1120. The highest BCUT2D eigenvalue weighted by Crippen LogP contribution is 2.35. The molecule has 0 aliphatic carbocycles. The smallest absolute Gasteiger partial charge is 0.289 e. The Morgan fingerprint density at radius 3 is 2.61 bits per heavy atom. The molecule has 0 atom stereocenters. The summed E-state index contributed by atoms with van der Waals surface area (Å²) in [6.45, 7) is 4.43. The maximum atomic E-state index is 12.7. The lowest BCUT2D eigenvalue weighted by Crippen LogP contribution is -2.35. The lowest BCUT2D eigenvalue weighted by Gasteiger charge is -2.26. The van der Waals surface area contributed by atoms with Gasteiger partial charge in [-0.05, 0) is 35.4 Å². The summed E-state index contributed by atoms with van der Waals surface area (Å²) in [5, 5.41) is 2.68. The van der Waals surface area contributed by atoms with Crippen LogP contribution < -0.4 is 5.32 Å². The van der Waals surface area contributed by atoms with Crippen LogP contribution in [0.5, 0.6) is 0 Å². The normalized spacial score (nSPS) is 19.7. The van der Waals surface area contributed by atoms with Crippen LogP contribution in [-0.4, -0.2) is 63.5 Å². The summed E-state index contributed by atoms with van der Waals surface area (Å²) in [5.41, 5.74) is 5.05. The van der Waals surface area contributed by atoms with E-state index >= 15 is 0 Å². The van der Waals surface area contributed by atoms with Gasteiger partial charge in [0.2, 0.25) is 5.91 Å². The number of ether oxygens (including phenoxy) is 1. The summed E-state index contributed by atoms with van der Waals surface area (Å²) in [4.78, 5) is 40.2. The SMILES string of the molecule is Cl.Cn1cc(CN2CCOCC2)cc1C=C1C(=O)Nc2ccc(CN3C(=O)CSC3=O)cc21. The van der Waals surface area contributed by atoms with Crippen molar-refractivity contribution in [2.75, 3.05) is 37.4 Å². The highest BCUT2D eigenvalue weighted by atomic mass is 35.5. The molecule has 4 heterocycles. The molecule has 0 radical (unpaired) electrons. The average molecular weight is 489 g/mol. The molecule has 3 amide bonds. The molecule has 8 nitrogen and oxygen atoms in total. The van der Waals surface area contributed by atoms with Gasteiger partial charge >= 0.3 is 0 Å². The van der Waals surface area contributed by atoms with Gasteiger partial charge in [-0.3, -0.25) is 24.2 Å². The van der Waals surface area contributed by atoms with Gasteiger partial charge in [0.25, 0.3) is 11.1 Å². The van der Waals surface area contributed by atoms with Crippen molar-refractivity contribution in [1.82, 2.24) is 14.4 Å². The number of hydrogen-bond donors (Lipinski definition) is 1. The zero-order chi connectivity index (χ0) is 22.2. The van der Waals surface area contributed by atoms with Crippen molar-refractivity contribution < 1.29 is 19.1 Å². The predicted octanol–water partition coefficient (Wildman–Crippen LogP) is 2.97. The Kier molecular flexibility index (Phi) is 6.94. The molecule has 0 unspecified atom stereocenters. The molecule has 33 heavy (non-hydrogen) atoms. The zero-order valence-corrected chi connectivity index (χ0v) is 19.8. The molecule has 2 aromatic rings. The first-order valence-electron chi connectivity index (χ1n) is 10.6. The fourth-order valence-corrected chi connectivity index (χ4v) is 4.97. The second-order valence-corrected chi connectivity index (χ2v) is 9.13. The molecule has 3 aliphatic rings. The second kappa shape index (κ2) is 9.72. The summed E-state index contributed by atoms with van der Waals surface area (Å²) in [6, 6.07) is 7.67. The van der Waals surface area contributed by atoms with Crippen molar-refractivity contribution in [3.05, 3.63) is 52.8 Å². The summed E-state index contributed by atoms with van der Waals surface area (Å²) >= 11 is 1.02. The molecule has 2 saturated heterocycles. The third kappa shape index (κ3) is 4.86. The van der Waals surface area contributed by atoms with Gasteiger partial charge in [-0.25, -0.2) is 0 Å². The lowest BCUT2D eigenvalue weighted by molar-refractivity contribution is -0.125. The fraction of sp³-hybridized carbons (Fsp3) is 0.348. The van der Waals surface area contributed by atoms with Crippen molar-refractivity contribution in [3.63, 3.8) is 0 Å². The Labute approximate surface area is 202 Å². The summed E-state index contributed by atoms with van der Waals surface area (Å²) in [7, 11) is 1.97. The number of imide groups is 1. The van der Waals surface area contributed by atoms with Gasteiger partial charge in [-0.2, -0.15) is 0 Å². The molecule has 3 aliphatic heterocycles. The monoisotopic (exact) mass is 488 g/mol. The van der Waals surface area contributed by atoms with E-state index in [1.165, 1.54) is 10.5 Å². The van der Waals surface area contributed by atoms with Crippen LogP contribution in [0.2, 0.25) is 0 Å². The highest BCUT2D eigenvalue weighted by molar-refractivity contribution is 8.14. The van der Waals surface area contributed by atoms with E-state index in [0.29, 0.717) is 5.57 Å². The molecule has 1 N–H and O–H groups in total. The highest BCUT2D eigenvalue weighted by Gasteiger charge is 2.31. The number of fused-ring (bicyclic) bond motifs is 1. The topological polar surface area (TPSA) is 83.9 Å². The van der Waals surface area contributed by atoms with E-state index < -0.39 is 0 Å². The molecule has 0 bridgehead atoms. The molecular weight excluding hydrogens is 464 g/mol. The first-order valence-corrected chi connectivity index (χ1v) is 11.6. The number of anilines is 1. The number of aryl methyl sites for hydroxylation is 1. The molecule has 1 aromatic carbocycles. The van der Waals surface area contributed by atoms with Gasteiger partial charge in [-0.1, -0.05) is 17.8 Å². The van der Waals surface area contributed by atoms with E-state index in [4.69, 9.17) is 4.74 Å². The van der Waals surface area contributed by atoms with Gasteiger partial charge in [0.15, 0.2) is 0 Å². The quantitative estimate of drug-likeness (QED) is 0.651. The maximum Gasteiger partial charge on any atom is 0.289 e. The first kappa shape index (κ1) is 23.6. The van der Waals surface area contributed by atoms with Gasteiger partial charge in [0.1, 0.15) is 0 Å². The number of aromatic nitrogens is 1. The van der Waals surface area contributed by atoms with Crippen LogP contribution in [0.25, 0.3) is 11.6 Å². The Morgan fingerprint density at radius 2 is 1.88 bits per heavy atom. The van der Waals surface area contributed by atoms with E-state index in [2.05, 4.69) is 22.5 Å². The van der Waals surface area contributed by atoms with Crippen molar-refractivity contribution in [2.45, 2.75) is 13.1 Å². The minimum atomic E-state index is -0.225. The number of rotatable bonds is 5. The van der Waals surface area contributed by atoms with Crippen LogP contribution >= 0.6 is 24.2 Å². The summed E-state index contributed by atoms with van der Waals surface area (Å²) in [6.07, 6.45) is 3.99. The molecule has 10 heteroatoms. The molecule has 0 spiro atoms. The van der Waals surface area contributed by atoms with E-state index in [0.717, 1.165) is 67.1 Å². The molecule has 5 rings (SSSR count). The molecule has 174 valence electrons. The number of carbonyl (C=O) groups excluding carboxylic acids is 3. The number of halogens is 1. The number of nitrogens with zero attached hydrogens (tertiary/aromatic N) is 3. The molecule has 1 aromatic heterocycles. The van der Waals surface area contributed by atoms with Crippen LogP contribution in [0.15, 0.2) is 30.5 Å². The van der Waals surface area contributed by atoms with Crippen molar-refractivity contribution >= 4 is 58.6 Å². The fourth-order valence-electron chi connectivity index (χ4n) is 4.24. The van der Waals surface area contributed by atoms with E-state index in [1.807, 2.05) is 35.9 Å². The van der Waals surface area contributed by atoms with Gasteiger partial charge in [0.05, 0.1) is 31.1 Å². The lowest BCUT2D eigenvalue weighted by atomic mass is 10.0. The standard InChI is InChI=1S/C23H24N4O4S.ClH/c1-25-11-16(12-26-4-6-31-7-5-26)8-17(25)10-19-18-9-15(2-3-20(18)24-22(19)29)13-27-21(28)14-32-23(27)30;/h2-3,8-11H,4-7,12-14H2,1H3,(H,24,29);1H. The Morgan fingerprint density at radius 1 is 1.09 bits per heavy atom. The van der Waals surface area contributed by atoms with Crippen LogP contribution in [0.3, 0.4) is 0 Å². The van der Waals surface area contributed by atoms with Crippen molar-refractivity contribution in [3.8, 4) is 0 Å². The number of thioether (sulfide) groups is 1. The van der Waals surface area contributed by atoms with Gasteiger partial charge in [0, 0.05) is 49.8 Å². The van der Waals surface area contributed by atoms with Gasteiger partial charge in [-0.15, -0.1) is 12.4 Å². The zero-order valence-electron chi connectivity index (χ0n) is 18.2. The third-order valence-corrected chi connectivity index (χ3v) is 6.81. The average Bonchev–Trinajstić information content (AvgIpc) is 3.40. The number of carbonyl (C=O) groups is 3. The summed E-state index contributed by atoms with van der Waals surface area (Å²) in [5.74, 6) is -0.145. The number of morpholine rings is 1. The van der Waals surface area contributed by atoms with Crippen molar-refractivity contribution in [1.29, 1.82) is 0 Å². The number of nitrogens with one attached hydrogen (secondary N) is 1.